The molecule has 0 radical (unpaired) electrons. The number of benzene rings is 8. The van der Waals surface area contributed by atoms with Gasteiger partial charge in [-0.2, -0.15) is 0 Å². The lowest BCUT2D eigenvalue weighted by Gasteiger charge is -2.12. The van der Waals surface area contributed by atoms with Gasteiger partial charge >= 0.3 is 0 Å². The minimum atomic E-state index is 0.678. The first-order chi connectivity index (χ1) is 26.3. The van der Waals surface area contributed by atoms with Gasteiger partial charge < -0.3 is 0 Å². The molecular weight excluding hydrogens is 683 g/mol. The highest BCUT2D eigenvalue weighted by atomic mass is 32.1. The standard InChI is InChI=1S/C48H27N3S2/c1-2-13-30(14-3-1)44-47-45(36-17-8-9-20-39(36)53-47)50-48(49-44)51-38-25-22-28-11-4-6-15-32(28)42(38)37-19-10-18-34(46(37)51)31-21-24-35-41(27-31)52-40-26-23-29-12-5-7-16-33(29)43(35)40/h1-27H. The van der Waals surface area contributed by atoms with Crippen molar-refractivity contribution in [3.8, 4) is 28.3 Å². The normalized spacial score (nSPS) is 12.2. The highest BCUT2D eigenvalue weighted by Gasteiger charge is 2.23. The number of para-hydroxylation sites is 1. The summed E-state index contributed by atoms with van der Waals surface area (Å²) in [5, 5.41) is 11.2. The van der Waals surface area contributed by atoms with Crippen LogP contribution in [0.1, 0.15) is 0 Å². The van der Waals surface area contributed by atoms with E-state index in [2.05, 4.69) is 168 Å². The van der Waals surface area contributed by atoms with Crippen LogP contribution in [0.3, 0.4) is 0 Å². The molecule has 0 saturated carbocycles. The van der Waals surface area contributed by atoms with Crippen LogP contribution in [0.5, 0.6) is 0 Å². The summed E-state index contributed by atoms with van der Waals surface area (Å²) >= 11 is 3.64. The molecule has 8 aromatic carbocycles. The van der Waals surface area contributed by atoms with E-state index in [1.807, 2.05) is 11.3 Å². The Hall–Kier alpha value is -6.40. The fraction of sp³-hybridized carbons (Fsp3) is 0. The van der Waals surface area contributed by atoms with Gasteiger partial charge in [0.05, 0.1) is 26.9 Å². The summed E-state index contributed by atoms with van der Waals surface area (Å²) in [5.74, 6) is 0.678. The first kappa shape index (κ1) is 29.2. The van der Waals surface area contributed by atoms with Gasteiger partial charge in [0.1, 0.15) is 0 Å². The zero-order chi connectivity index (χ0) is 34.6. The first-order valence-corrected chi connectivity index (χ1v) is 19.5. The maximum absolute atomic E-state index is 5.50. The molecule has 53 heavy (non-hydrogen) atoms. The van der Waals surface area contributed by atoms with Gasteiger partial charge in [0.15, 0.2) is 0 Å². The third-order valence-corrected chi connectivity index (χ3v) is 13.1. The summed E-state index contributed by atoms with van der Waals surface area (Å²) in [6.45, 7) is 0. The van der Waals surface area contributed by atoms with Crippen LogP contribution >= 0.6 is 22.7 Å². The molecule has 0 N–H and O–H groups in total. The Morgan fingerprint density at radius 3 is 2.00 bits per heavy atom. The van der Waals surface area contributed by atoms with E-state index >= 15 is 0 Å². The Labute approximate surface area is 311 Å². The Kier molecular flexibility index (Phi) is 6.09. The lowest BCUT2D eigenvalue weighted by molar-refractivity contribution is 1.02. The second kappa shape index (κ2) is 11.1. The summed E-state index contributed by atoms with van der Waals surface area (Å²) < 4.78 is 7.24. The van der Waals surface area contributed by atoms with Gasteiger partial charge in [0, 0.05) is 52.2 Å². The molecule has 246 valence electrons. The molecule has 0 aliphatic rings. The van der Waals surface area contributed by atoms with Crippen LogP contribution in [0, 0.1) is 0 Å². The monoisotopic (exact) mass is 709 g/mol. The number of fused-ring (bicyclic) bond motifs is 13. The molecule has 0 unspecified atom stereocenters. The van der Waals surface area contributed by atoms with Gasteiger partial charge in [0.2, 0.25) is 5.95 Å². The summed E-state index contributed by atoms with van der Waals surface area (Å²) in [6.07, 6.45) is 0. The molecule has 4 heterocycles. The number of nitrogens with zero attached hydrogens (tertiary/aromatic N) is 3. The molecule has 12 aromatic rings. The average molecular weight is 710 g/mol. The molecule has 12 rings (SSSR count). The number of hydrogen-bond donors (Lipinski definition) is 0. The van der Waals surface area contributed by atoms with Crippen molar-refractivity contribution in [3.63, 3.8) is 0 Å². The predicted molar refractivity (Wildman–Crippen MR) is 228 cm³/mol. The summed E-state index contributed by atoms with van der Waals surface area (Å²) in [5.41, 5.74) is 7.58. The molecule has 3 nitrogen and oxygen atoms in total. The minimum Gasteiger partial charge on any atom is -0.277 e. The van der Waals surface area contributed by atoms with E-state index in [4.69, 9.17) is 9.97 Å². The second-order valence-electron chi connectivity index (χ2n) is 13.7. The van der Waals surface area contributed by atoms with Gasteiger partial charge in [-0.3, -0.25) is 4.57 Å². The Morgan fingerprint density at radius 1 is 0.434 bits per heavy atom. The summed E-state index contributed by atoms with van der Waals surface area (Å²) in [4.78, 5) is 11.0. The fourth-order valence-corrected chi connectivity index (χ4v) is 10.8. The van der Waals surface area contributed by atoms with Crippen LogP contribution in [-0.2, 0) is 0 Å². The van der Waals surface area contributed by atoms with Crippen LogP contribution in [0.25, 0.3) is 112 Å². The molecule has 0 spiro atoms. The van der Waals surface area contributed by atoms with E-state index in [1.165, 1.54) is 62.8 Å². The van der Waals surface area contributed by atoms with Crippen molar-refractivity contribution < 1.29 is 0 Å². The van der Waals surface area contributed by atoms with Crippen LogP contribution in [0.4, 0.5) is 0 Å². The van der Waals surface area contributed by atoms with Crippen molar-refractivity contribution in [3.05, 3.63) is 164 Å². The Morgan fingerprint density at radius 2 is 1.15 bits per heavy atom. The zero-order valence-electron chi connectivity index (χ0n) is 28.2. The highest BCUT2D eigenvalue weighted by Crippen LogP contribution is 2.45. The Balaban J connectivity index is 1.21. The predicted octanol–water partition coefficient (Wildman–Crippen LogP) is 13.9. The lowest BCUT2D eigenvalue weighted by atomic mass is 9.98. The minimum absolute atomic E-state index is 0.678. The Bertz CT molecular complexity index is 3460. The number of aromatic nitrogens is 3. The van der Waals surface area contributed by atoms with Crippen molar-refractivity contribution in [2.45, 2.75) is 0 Å². The van der Waals surface area contributed by atoms with Crippen molar-refractivity contribution in [1.29, 1.82) is 0 Å². The van der Waals surface area contributed by atoms with E-state index in [1.54, 1.807) is 11.3 Å². The maximum Gasteiger partial charge on any atom is 0.235 e. The lowest BCUT2D eigenvalue weighted by Crippen LogP contribution is -2.03. The third-order valence-electron chi connectivity index (χ3n) is 10.8. The number of rotatable bonds is 3. The van der Waals surface area contributed by atoms with E-state index in [-0.39, 0.29) is 0 Å². The molecule has 0 fully saturated rings. The fourth-order valence-electron chi connectivity index (χ4n) is 8.46. The van der Waals surface area contributed by atoms with Crippen LogP contribution < -0.4 is 0 Å². The largest absolute Gasteiger partial charge is 0.277 e. The third kappa shape index (κ3) is 4.20. The molecule has 0 saturated heterocycles. The highest BCUT2D eigenvalue weighted by molar-refractivity contribution is 7.26. The smallest absolute Gasteiger partial charge is 0.235 e. The van der Waals surface area contributed by atoms with E-state index in [9.17, 15) is 0 Å². The topological polar surface area (TPSA) is 30.7 Å². The van der Waals surface area contributed by atoms with Crippen molar-refractivity contribution in [1.82, 2.24) is 14.5 Å². The molecule has 0 aliphatic heterocycles. The van der Waals surface area contributed by atoms with Gasteiger partial charge in [-0.1, -0.05) is 140 Å². The van der Waals surface area contributed by atoms with Crippen LogP contribution in [0.2, 0.25) is 0 Å². The van der Waals surface area contributed by atoms with E-state index in [0.29, 0.717) is 5.95 Å². The zero-order valence-corrected chi connectivity index (χ0v) is 29.9. The van der Waals surface area contributed by atoms with E-state index < -0.39 is 0 Å². The molecule has 0 amide bonds. The second-order valence-corrected chi connectivity index (χ2v) is 15.8. The van der Waals surface area contributed by atoms with Gasteiger partial charge in [-0.05, 0) is 51.4 Å². The van der Waals surface area contributed by atoms with Crippen LogP contribution in [-0.4, -0.2) is 14.5 Å². The number of hydrogen-bond acceptors (Lipinski definition) is 4. The molecular formula is C48H27N3S2. The summed E-state index contributed by atoms with van der Waals surface area (Å²) in [6, 6.07) is 59.3. The van der Waals surface area contributed by atoms with E-state index in [0.717, 1.165) is 43.5 Å². The maximum atomic E-state index is 5.50. The first-order valence-electron chi connectivity index (χ1n) is 17.8. The van der Waals surface area contributed by atoms with Gasteiger partial charge in [0.25, 0.3) is 0 Å². The van der Waals surface area contributed by atoms with Crippen molar-refractivity contribution in [2.75, 3.05) is 0 Å². The van der Waals surface area contributed by atoms with Crippen molar-refractivity contribution >= 4 is 106 Å². The summed E-state index contributed by atoms with van der Waals surface area (Å²) in [7, 11) is 0. The SMILES string of the molecule is c1ccc(-c2nc(-n3c4ccc5ccccc5c4c4cccc(-c5ccc6c(c5)sc5ccc7ccccc7c56)c43)nc3c2sc2ccccc23)cc1. The molecule has 4 aromatic heterocycles. The van der Waals surface area contributed by atoms with Crippen LogP contribution in [0.15, 0.2) is 164 Å². The van der Waals surface area contributed by atoms with Gasteiger partial charge in [-0.25, -0.2) is 9.97 Å². The number of thiophene rings is 2. The molecule has 0 bridgehead atoms. The molecule has 0 aliphatic carbocycles. The van der Waals surface area contributed by atoms with Crippen molar-refractivity contribution in [2.24, 2.45) is 0 Å². The molecule has 0 atom stereocenters. The average Bonchev–Trinajstić information content (AvgIpc) is 3.90. The quantitative estimate of drug-likeness (QED) is 0.183. The molecule has 5 heteroatoms. The van der Waals surface area contributed by atoms with Gasteiger partial charge in [-0.15, -0.1) is 22.7 Å².